The van der Waals surface area contributed by atoms with Crippen molar-refractivity contribution in [2.24, 2.45) is 0 Å². The molecule has 4 heteroatoms. The predicted molar refractivity (Wildman–Crippen MR) is 175 cm³/mol. The molecule has 1 aliphatic heterocycles. The van der Waals surface area contributed by atoms with Gasteiger partial charge < -0.3 is 4.90 Å². The number of aromatic nitrogens is 3. The molecule has 0 fully saturated rings. The Bertz CT molecular complexity index is 1800. The number of hydrogen-bond donors (Lipinski definition) is 0. The zero-order valence-corrected chi connectivity index (χ0v) is 24.8. The van der Waals surface area contributed by atoms with E-state index in [2.05, 4.69) is 133 Å². The van der Waals surface area contributed by atoms with Gasteiger partial charge in [-0.3, -0.25) is 15.0 Å². The third kappa shape index (κ3) is 5.10. The van der Waals surface area contributed by atoms with Gasteiger partial charge in [0.1, 0.15) is 0 Å². The Kier molecular flexibility index (Phi) is 6.83. The second-order valence-electron chi connectivity index (χ2n) is 11.8. The van der Waals surface area contributed by atoms with E-state index in [9.17, 15) is 0 Å². The third-order valence-electron chi connectivity index (χ3n) is 8.54. The van der Waals surface area contributed by atoms with Crippen molar-refractivity contribution in [3.05, 3.63) is 167 Å². The van der Waals surface area contributed by atoms with Crippen molar-refractivity contribution in [1.29, 1.82) is 0 Å². The van der Waals surface area contributed by atoms with Crippen molar-refractivity contribution in [3.8, 4) is 11.3 Å². The topological polar surface area (TPSA) is 41.9 Å². The molecule has 0 saturated carbocycles. The van der Waals surface area contributed by atoms with Gasteiger partial charge in [-0.15, -0.1) is 0 Å². The SMILES string of the molecule is Cc1nc(-c2ccccc2)ccc1N1c2ccc(Cc3ccccn3)cc2C(C)(C)c2cc(Cc3ccccn3)ccc21. The highest BCUT2D eigenvalue weighted by molar-refractivity contribution is 5.87. The Morgan fingerprint density at radius 2 is 1.12 bits per heavy atom. The van der Waals surface area contributed by atoms with E-state index in [0.29, 0.717) is 0 Å². The highest BCUT2D eigenvalue weighted by Gasteiger charge is 2.38. The van der Waals surface area contributed by atoms with Crippen LogP contribution in [0.4, 0.5) is 17.1 Å². The van der Waals surface area contributed by atoms with Crippen LogP contribution >= 0.6 is 0 Å². The van der Waals surface area contributed by atoms with E-state index in [1.54, 1.807) is 0 Å². The molecule has 0 amide bonds. The number of anilines is 3. The summed E-state index contributed by atoms with van der Waals surface area (Å²) in [5.74, 6) is 0. The molecule has 0 N–H and O–H groups in total. The lowest BCUT2D eigenvalue weighted by atomic mass is 9.72. The number of rotatable bonds is 6. The molecule has 6 aromatic rings. The summed E-state index contributed by atoms with van der Waals surface area (Å²) >= 11 is 0. The first-order chi connectivity index (χ1) is 21.0. The summed E-state index contributed by atoms with van der Waals surface area (Å²) in [5, 5.41) is 0. The number of benzene rings is 3. The average Bonchev–Trinajstić information content (AvgIpc) is 3.04. The van der Waals surface area contributed by atoms with Crippen LogP contribution in [0.2, 0.25) is 0 Å². The van der Waals surface area contributed by atoms with Crippen molar-refractivity contribution >= 4 is 17.1 Å². The Balaban J connectivity index is 1.37. The highest BCUT2D eigenvalue weighted by Crippen LogP contribution is 2.53. The molecule has 0 radical (unpaired) electrons. The van der Waals surface area contributed by atoms with Crippen LogP contribution in [-0.2, 0) is 18.3 Å². The maximum absolute atomic E-state index is 5.09. The van der Waals surface area contributed by atoms with Crippen molar-refractivity contribution < 1.29 is 0 Å². The Labute approximate surface area is 253 Å². The fourth-order valence-corrected chi connectivity index (χ4v) is 6.30. The normalized spacial score (nSPS) is 13.3. The minimum absolute atomic E-state index is 0.216. The van der Waals surface area contributed by atoms with Gasteiger partial charge in [-0.1, -0.05) is 80.6 Å². The standard InChI is InChI=1S/C39H34N4/c1-27-36(20-17-35(42-27)30-11-5-4-6-12-30)43-37-18-15-28(23-31-13-7-9-21-40-31)25-33(37)39(2,3)34-26-29(16-19-38(34)43)24-32-14-8-10-22-41-32/h4-22,25-26H,23-24H2,1-3H3. The van der Waals surface area contributed by atoms with Crippen molar-refractivity contribution in [2.75, 3.05) is 4.90 Å². The number of aryl methyl sites for hydroxylation is 1. The minimum Gasteiger partial charge on any atom is -0.308 e. The summed E-state index contributed by atoms with van der Waals surface area (Å²) in [5.41, 5.74) is 13.6. The van der Waals surface area contributed by atoms with Gasteiger partial charge in [0.25, 0.3) is 0 Å². The summed E-state index contributed by atoms with van der Waals surface area (Å²) < 4.78 is 0. The summed E-state index contributed by atoms with van der Waals surface area (Å²) in [6, 6.07) is 40.8. The van der Waals surface area contributed by atoms with Gasteiger partial charge in [-0.2, -0.15) is 0 Å². The maximum Gasteiger partial charge on any atom is 0.0706 e. The highest BCUT2D eigenvalue weighted by atomic mass is 15.2. The molecule has 0 bridgehead atoms. The molecule has 4 nitrogen and oxygen atoms in total. The molecule has 0 unspecified atom stereocenters. The molecule has 4 heterocycles. The van der Waals surface area contributed by atoms with E-state index in [0.717, 1.165) is 46.9 Å². The van der Waals surface area contributed by atoms with Crippen LogP contribution in [0, 0.1) is 6.92 Å². The van der Waals surface area contributed by atoms with E-state index in [4.69, 9.17) is 4.98 Å². The van der Waals surface area contributed by atoms with Gasteiger partial charge in [-0.05, 0) is 77.7 Å². The summed E-state index contributed by atoms with van der Waals surface area (Å²) in [6.07, 6.45) is 5.33. The summed E-state index contributed by atoms with van der Waals surface area (Å²) in [4.78, 5) is 16.7. The van der Waals surface area contributed by atoms with Crippen molar-refractivity contribution in [1.82, 2.24) is 15.0 Å². The first kappa shape index (κ1) is 26.8. The largest absolute Gasteiger partial charge is 0.308 e. The Morgan fingerprint density at radius 3 is 1.63 bits per heavy atom. The lowest BCUT2D eigenvalue weighted by Crippen LogP contribution is -2.31. The molecular formula is C39H34N4. The van der Waals surface area contributed by atoms with E-state index >= 15 is 0 Å². The van der Waals surface area contributed by atoms with Crippen LogP contribution in [-0.4, -0.2) is 15.0 Å². The van der Waals surface area contributed by atoms with Gasteiger partial charge in [0.05, 0.1) is 28.5 Å². The Hall–Kier alpha value is -5.09. The van der Waals surface area contributed by atoms with Crippen LogP contribution in [0.15, 0.2) is 128 Å². The Morgan fingerprint density at radius 1 is 0.581 bits per heavy atom. The van der Waals surface area contributed by atoms with Gasteiger partial charge in [0, 0.05) is 47.6 Å². The fraction of sp³-hybridized carbons (Fsp3) is 0.154. The zero-order valence-electron chi connectivity index (χ0n) is 24.8. The molecule has 3 aromatic heterocycles. The van der Waals surface area contributed by atoms with E-state index in [1.165, 1.54) is 33.6 Å². The lowest BCUT2D eigenvalue weighted by molar-refractivity contribution is 0.629. The van der Waals surface area contributed by atoms with Gasteiger partial charge in [-0.25, -0.2) is 0 Å². The monoisotopic (exact) mass is 558 g/mol. The fourth-order valence-electron chi connectivity index (χ4n) is 6.30. The van der Waals surface area contributed by atoms with Crippen LogP contribution in [0.3, 0.4) is 0 Å². The predicted octanol–water partition coefficient (Wildman–Crippen LogP) is 9.14. The molecule has 0 atom stereocenters. The van der Waals surface area contributed by atoms with Crippen molar-refractivity contribution in [3.63, 3.8) is 0 Å². The smallest absolute Gasteiger partial charge is 0.0706 e. The molecule has 0 spiro atoms. The van der Waals surface area contributed by atoms with E-state index in [-0.39, 0.29) is 5.41 Å². The molecule has 210 valence electrons. The van der Waals surface area contributed by atoms with Crippen LogP contribution in [0.1, 0.15) is 53.2 Å². The minimum atomic E-state index is -0.216. The molecule has 3 aromatic carbocycles. The third-order valence-corrected chi connectivity index (χ3v) is 8.54. The van der Waals surface area contributed by atoms with Gasteiger partial charge in [0.2, 0.25) is 0 Å². The molecule has 1 aliphatic rings. The second-order valence-corrected chi connectivity index (χ2v) is 11.8. The van der Waals surface area contributed by atoms with Crippen LogP contribution in [0.25, 0.3) is 11.3 Å². The quantitative estimate of drug-likeness (QED) is 0.204. The second kappa shape index (κ2) is 11.0. The van der Waals surface area contributed by atoms with Crippen LogP contribution in [0.5, 0.6) is 0 Å². The van der Waals surface area contributed by atoms with Gasteiger partial charge in [0.15, 0.2) is 0 Å². The summed E-state index contributed by atoms with van der Waals surface area (Å²) in [6.45, 7) is 6.81. The lowest BCUT2D eigenvalue weighted by Gasteiger charge is -2.43. The first-order valence-electron chi connectivity index (χ1n) is 14.9. The molecule has 7 rings (SSSR count). The van der Waals surface area contributed by atoms with E-state index < -0.39 is 0 Å². The average molecular weight is 559 g/mol. The summed E-state index contributed by atoms with van der Waals surface area (Å²) in [7, 11) is 0. The van der Waals surface area contributed by atoms with Gasteiger partial charge >= 0.3 is 0 Å². The first-order valence-corrected chi connectivity index (χ1v) is 14.9. The number of hydrogen-bond acceptors (Lipinski definition) is 4. The number of nitrogens with zero attached hydrogens (tertiary/aromatic N) is 4. The zero-order chi connectivity index (χ0) is 29.4. The molecule has 43 heavy (non-hydrogen) atoms. The molecule has 0 saturated heterocycles. The number of fused-ring (bicyclic) bond motifs is 2. The molecular weight excluding hydrogens is 524 g/mol. The maximum atomic E-state index is 5.09. The molecule has 0 aliphatic carbocycles. The number of pyridine rings is 3. The van der Waals surface area contributed by atoms with Crippen molar-refractivity contribution in [2.45, 2.75) is 39.0 Å². The van der Waals surface area contributed by atoms with Crippen LogP contribution < -0.4 is 4.90 Å². The van der Waals surface area contributed by atoms with E-state index in [1.807, 2.05) is 30.6 Å².